The van der Waals surface area contributed by atoms with Gasteiger partial charge in [-0.2, -0.15) is 4.39 Å². The van der Waals surface area contributed by atoms with Gasteiger partial charge in [-0.05, 0) is 50.0 Å². The molecule has 0 spiro atoms. The number of hydrogen-bond donors (Lipinski definition) is 2. The summed E-state index contributed by atoms with van der Waals surface area (Å²) in [6.45, 7) is 1.76. The first-order valence-corrected chi connectivity index (χ1v) is 8.94. The maximum Gasteiger partial charge on any atom is 0.253 e. The molecule has 8 heteroatoms. The Labute approximate surface area is 167 Å². The molecule has 1 amide bonds. The molecule has 2 N–H and O–H groups in total. The average molecular weight is 404 g/mol. The molecule has 1 aliphatic rings. The van der Waals surface area contributed by atoms with Gasteiger partial charge in [-0.1, -0.05) is 12.0 Å². The minimum Gasteiger partial charge on any atom is -0.494 e. The van der Waals surface area contributed by atoms with Gasteiger partial charge in [0.05, 0.1) is 25.1 Å². The van der Waals surface area contributed by atoms with Crippen molar-refractivity contribution < 1.29 is 28.2 Å². The summed E-state index contributed by atoms with van der Waals surface area (Å²) in [5, 5.41) is 11.3. The Kier molecular flexibility index (Phi) is 8.52. The molecular weight excluding hydrogens is 382 g/mol. The number of aliphatic hydroxyl groups excluding tert-OH is 1. The van der Waals surface area contributed by atoms with Gasteiger partial charge in [0.1, 0.15) is 18.4 Å². The van der Waals surface area contributed by atoms with Crippen molar-refractivity contribution in [3.8, 4) is 17.6 Å². The van der Waals surface area contributed by atoms with Crippen molar-refractivity contribution in [1.29, 1.82) is 0 Å². The van der Waals surface area contributed by atoms with Crippen LogP contribution in [-0.4, -0.2) is 41.9 Å². The van der Waals surface area contributed by atoms with Crippen LogP contribution in [0.4, 0.5) is 14.5 Å². The van der Waals surface area contributed by atoms with Crippen molar-refractivity contribution in [2.45, 2.75) is 32.0 Å². The number of halogens is 2. The van der Waals surface area contributed by atoms with Gasteiger partial charge in [-0.15, -0.1) is 0 Å². The van der Waals surface area contributed by atoms with Crippen molar-refractivity contribution >= 4 is 11.6 Å². The summed E-state index contributed by atoms with van der Waals surface area (Å²) >= 11 is 0. The molecule has 29 heavy (non-hydrogen) atoms. The van der Waals surface area contributed by atoms with Crippen molar-refractivity contribution in [2.24, 2.45) is 0 Å². The van der Waals surface area contributed by atoms with E-state index < -0.39 is 11.6 Å². The van der Waals surface area contributed by atoms with Crippen LogP contribution in [0.25, 0.3) is 0 Å². The van der Waals surface area contributed by atoms with Crippen LogP contribution >= 0.6 is 0 Å². The number of amides is 1. The molecule has 1 aromatic heterocycles. The Hall–Kier alpha value is -3.02. The van der Waals surface area contributed by atoms with E-state index in [-0.39, 0.29) is 30.5 Å². The zero-order valence-electron chi connectivity index (χ0n) is 16.1. The number of aliphatic hydroxyl groups is 1. The largest absolute Gasteiger partial charge is 0.494 e. The molecule has 0 radical (unpaired) electrons. The first kappa shape index (κ1) is 22.3. The van der Waals surface area contributed by atoms with Crippen LogP contribution in [0.15, 0.2) is 36.5 Å². The Morgan fingerprint density at radius 3 is 2.69 bits per heavy atom. The highest BCUT2D eigenvalue weighted by molar-refractivity contribution is 5.94. The van der Waals surface area contributed by atoms with Gasteiger partial charge >= 0.3 is 0 Å². The van der Waals surface area contributed by atoms with Crippen molar-refractivity contribution in [3.05, 3.63) is 53.9 Å². The summed E-state index contributed by atoms with van der Waals surface area (Å²) in [4.78, 5) is 16.0. The SMILES string of the molecule is CC1CCC(C(=O)Nc2ccc(C#CCO)nc2)O1.COc1cccc(F)c1F. The third-order valence-corrected chi connectivity index (χ3v) is 3.99. The number of carbonyl (C=O) groups excluding carboxylic acids is 1. The number of carbonyl (C=O) groups is 1. The highest BCUT2D eigenvalue weighted by Gasteiger charge is 2.28. The molecule has 154 valence electrons. The van der Waals surface area contributed by atoms with E-state index in [2.05, 4.69) is 26.9 Å². The van der Waals surface area contributed by atoms with E-state index in [0.717, 1.165) is 18.9 Å². The van der Waals surface area contributed by atoms with Crippen LogP contribution in [0.3, 0.4) is 0 Å². The topological polar surface area (TPSA) is 80.7 Å². The lowest BCUT2D eigenvalue weighted by Crippen LogP contribution is -2.27. The lowest BCUT2D eigenvalue weighted by Gasteiger charge is -2.11. The number of benzene rings is 1. The second kappa shape index (κ2) is 11.1. The molecule has 1 aliphatic heterocycles. The predicted octanol–water partition coefficient (Wildman–Crippen LogP) is 2.90. The van der Waals surface area contributed by atoms with Crippen LogP contribution in [0.2, 0.25) is 0 Å². The lowest BCUT2D eigenvalue weighted by molar-refractivity contribution is -0.126. The summed E-state index contributed by atoms with van der Waals surface area (Å²) in [5.41, 5.74) is 1.17. The predicted molar refractivity (Wildman–Crippen MR) is 103 cm³/mol. The standard InChI is InChI=1S/C14H16N2O3.C7H6F2O/c1-10-4-7-13(19-10)14(18)16-12-6-5-11(15-9-12)3-2-8-17;1-10-6-4-2-3-5(8)7(6)9/h5-6,9-10,13,17H,4,7-8H2,1H3,(H,16,18);2-4H,1H3. The number of methoxy groups -OCH3 is 1. The number of nitrogens with one attached hydrogen (secondary N) is 1. The maximum absolute atomic E-state index is 12.5. The quantitative estimate of drug-likeness (QED) is 0.769. The lowest BCUT2D eigenvalue weighted by atomic mass is 10.2. The summed E-state index contributed by atoms with van der Waals surface area (Å²) in [7, 11) is 1.29. The molecule has 2 unspecified atom stereocenters. The zero-order valence-corrected chi connectivity index (χ0v) is 16.1. The molecule has 0 saturated carbocycles. The van der Waals surface area contributed by atoms with E-state index in [1.807, 2.05) is 6.92 Å². The Bertz CT molecular complexity index is 878. The molecule has 2 heterocycles. The normalized spacial score (nSPS) is 17.4. The van der Waals surface area contributed by atoms with Gasteiger partial charge < -0.3 is 19.9 Å². The van der Waals surface area contributed by atoms with Crippen molar-refractivity contribution in [3.63, 3.8) is 0 Å². The molecule has 0 aliphatic carbocycles. The van der Waals surface area contributed by atoms with E-state index in [9.17, 15) is 13.6 Å². The van der Waals surface area contributed by atoms with Crippen molar-refractivity contribution in [2.75, 3.05) is 19.0 Å². The summed E-state index contributed by atoms with van der Waals surface area (Å²) < 4.78 is 34.8. The molecule has 1 saturated heterocycles. The van der Waals surface area contributed by atoms with Gasteiger partial charge in [0.25, 0.3) is 5.91 Å². The van der Waals surface area contributed by atoms with Crippen LogP contribution in [0, 0.1) is 23.5 Å². The highest BCUT2D eigenvalue weighted by atomic mass is 19.2. The van der Waals surface area contributed by atoms with Gasteiger partial charge in [0.15, 0.2) is 11.6 Å². The number of rotatable bonds is 3. The smallest absolute Gasteiger partial charge is 0.253 e. The molecule has 1 aromatic carbocycles. The third kappa shape index (κ3) is 6.82. The molecule has 1 fully saturated rings. The minimum atomic E-state index is -0.940. The molecule has 2 aromatic rings. The second-order valence-electron chi connectivity index (χ2n) is 6.15. The number of nitrogens with zero attached hydrogens (tertiary/aromatic N) is 1. The van der Waals surface area contributed by atoms with Crippen LogP contribution in [0.1, 0.15) is 25.5 Å². The Balaban J connectivity index is 0.000000253. The third-order valence-electron chi connectivity index (χ3n) is 3.99. The minimum absolute atomic E-state index is 0.0694. The highest BCUT2D eigenvalue weighted by Crippen LogP contribution is 2.20. The maximum atomic E-state index is 12.5. The molecule has 6 nitrogen and oxygen atoms in total. The van der Waals surface area contributed by atoms with Gasteiger partial charge in [0.2, 0.25) is 5.82 Å². The van der Waals surface area contributed by atoms with E-state index in [1.165, 1.54) is 25.4 Å². The van der Waals surface area contributed by atoms with Crippen LogP contribution < -0.4 is 10.1 Å². The van der Waals surface area contributed by atoms with Gasteiger partial charge in [-0.25, -0.2) is 9.37 Å². The Morgan fingerprint density at radius 2 is 2.14 bits per heavy atom. The molecule has 3 rings (SSSR count). The zero-order chi connectivity index (χ0) is 21.2. The van der Waals surface area contributed by atoms with Gasteiger partial charge in [-0.3, -0.25) is 4.79 Å². The van der Waals surface area contributed by atoms with Crippen molar-refractivity contribution in [1.82, 2.24) is 4.98 Å². The van der Waals surface area contributed by atoms with E-state index in [1.54, 1.807) is 12.1 Å². The fourth-order valence-corrected chi connectivity index (χ4v) is 2.53. The second-order valence-corrected chi connectivity index (χ2v) is 6.15. The summed E-state index contributed by atoms with van der Waals surface area (Å²) in [6, 6.07) is 7.20. The summed E-state index contributed by atoms with van der Waals surface area (Å²) in [5.74, 6) is 3.16. The molecule has 2 atom stereocenters. The van der Waals surface area contributed by atoms with E-state index in [0.29, 0.717) is 11.4 Å². The van der Waals surface area contributed by atoms with Crippen LogP contribution in [-0.2, 0) is 9.53 Å². The molecular formula is C21H22F2N2O4. The molecule has 0 bridgehead atoms. The fourth-order valence-electron chi connectivity index (χ4n) is 2.53. The number of pyridine rings is 1. The number of hydrogen-bond acceptors (Lipinski definition) is 5. The number of aromatic nitrogens is 1. The average Bonchev–Trinajstić information content (AvgIpc) is 3.16. The first-order chi connectivity index (χ1) is 13.9. The van der Waals surface area contributed by atoms with E-state index >= 15 is 0 Å². The number of ether oxygens (including phenoxy) is 2. The van der Waals surface area contributed by atoms with Gasteiger partial charge in [0, 0.05) is 0 Å². The number of anilines is 1. The first-order valence-electron chi connectivity index (χ1n) is 8.94. The van der Waals surface area contributed by atoms with E-state index in [4.69, 9.17) is 9.84 Å². The summed E-state index contributed by atoms with van der Waals surface area (Å²) in [6.07, 6.45) is 2.97. The monoisotopic (exact) mass is 404 g/mol. The van der Waals surface area contributed by atoms with Crippen LogP contribution in [0.5, 0.6) is 5.75 Å². The fraction of sp³-hybridized carbons (Fsp3) is 0.333. The Morgan fingerprint density at radius 1 is 1.34 bits per heavy atom.